The molecule has 1 saturated heterocycles. The zero-order valence-corrected chi connectivity index (χ0v) is 10.1. The standard InChI is InChI=1S/C11H22N3O/c1-4-14(9-11(15)13(2)3)10-5-7-12-8-6-10/h10H,4-9H2,1-3H3. The van der Waals surface area contributed by atoms with Gasteiger partial charge in [0.1, 0.15) is 0 Å². The van der Waals surface area contributed by atoms with Crippen LogP contribution in [0.4, 0.5) is 0 Å². The van der Waals surface area contributed by atoms with Gasteiger partial charge in [0.25, 0.3) is 0 Å². The lowest BCUT2D eigenvalue weighted by atomic mass is 10.0. The molecule has 1 fully saturated rings. The lowest BCUT2D eigenvalue weighted by molar-refractivity contribution is -0.130. The van der Waals surface area contributed by atoms with Crippen molar-refractivity contribution in [2.45, 2.75) is 25.8 Å². The minimum absolute atomic E-state index is 0.194. The minimum Gasteiger partial charge on any atom is -0.348 e. The van der Waals surface area contributed by atoms with E-state index >= 15 is 0 Å². The van der Waals surface area contributed by atoms with Crippen LogP contribution >= 0.6 is 0 Å². The molecule has 0 N–H and O–H groups in total. The van der Waals surface area contributed by atoms with Crippen molar-refractivity contribution in [1.82, 2.24) is 15.1 Å². The van der Waals surface area contributed by atoms with E-state index in [1.807, 2.05) is 14.1 Å². The van der Waals surface area contributed by atoms with Gasteiger partial charge >= 0.3 is 0 Å². The summed E-state index contributed by atoms with van der Waals surface area (Å²) in [6.45, 7) is 5.53. The Morgan fingerprint density at radius 1 is 1.33 bits per heavy atom. The molecule has 0 atom stereocenters. The highest BCUT2D eigenvalue weighted by molar-refractivity contribution is 5.77. The van der Waals surface area contributed by atoms with Crippen molar-refractivity contribution in [3.8, 4) is 0 Å². The fourth-order valence-corrected chi connectivity index (χ4v) is 1.92. The van der Waals surface area contributed by atoms with Crippen molar-refractivity contribution in [1.29, 1.82) is 0 Å². The summed E-state index contributed by atoms with van der Waals surface area (Å²) < 4.78 is 0. The second-order valence-electron chi connectivity index (χ2n) is 4.25. The topological polar surface area (TPSA) is 37.7 Å². The third-order valence-electron chi connectivity index (χ3n) is 3.00. The van der Waals surface area contributed by atoms with Gasteiger partial charge in [-0.25, -0.2) is 5.32 Å². The lowest BCUT2D eigenvalue weighted by Gasteiger charge is -2.33. The number of likely N-dealkylation sites (N-methyl/N-ethyl adjacent to an activating group) is 2. The molecular formula is C11H22N3O. The first-order valence-electron chi connectivity index (χ1n) is 5.72. The van der Waals surface area contributed by atoms with E-state index in [4.69, 9.17) is 0 Å². The molecule has 0 bridgehead atoms. The first-order chi connectivity index (χ1) is 7.15. The maximum Gasteiger partial charge on any atom is 0.236 e. The number of carbonyl (C=O) groups excluding carboxylic acids is 1. The van der Waals surface area contributed by atoms with Crippen molar-refractivity contribution < 1.29 is 4.79 Å². The minimum atomic E-state index is 0.194. The van der Waals surface area contributed by atoms with Gasteiger partial charge in [-0.15, -0.1) is 0 Å². The van der Waals surface area contributed by atoms with Crippen LogP contribution in [0.1, 0.15) is 19.8 Å². The van der Waals surface area contributed by atoms with Crippen LogP contribution < -0.4 is 5.32 Å². The summed E-state index contributed by atoms with van der Waals surface area (Å²) >= 11 is 0. The van der Waals surface area contributed by atoms with Gasteiger partial charge in [0.2, 0.25) is 5.91 Å². The average Bonchev–Trinajstić information content (AvgIpc) is 2.26. The molecule has 0 aliphatic carbocycles. The van der Waals surface area contributed by atoms with E-state index in [1.54, 1.807) is 4.90 Å². The van der Waals surface area contributed by atoms with Crippen LogP contribution in [-0.2, 0) is 4.79 Å². The van der Waals surface area contributed by atoms with Crippen LogP contribution in [0.15, 0.2) is 0 Å². The number of carbonyl (C=O) groups is 1. The van der Waals surface area contributed by atoms with Crippen LogP contribution in [0.2, 0.25) is 0 Å². The second-order valence-corrected chi connectivity index (χ2v) is 4.25. The Bertz CT molecular complexity index is 200. The fraction of sp³-hybridized carbons (Fsp3) is 0.909. The Balaban J connectivity index is 2.43. The smallest absolute Gasteiger partial charge is 0.236 e. The fourth-order valence-electron chi connectivity index (χ4n) is 1.92. The largest absolute Gasteiger partial charge is 0.348 e. The van der Waals surface area contributed by atoms with Gasteiger partial charge in [0, 0.05) is 33.2 Å². The normalized spacial score (nSPS) is 18.1. The molecule has 4 heteroatoms. The lowest BCUT2D eigenvalue weighted by Crippen LogP contribution is -2.45. The van der Waals surface area contributed by atoms with Gasteiger partial charge in [-0.1, -0.05) is 6.92 Å². The molecule has 0 aromatic heterocycles. The van der Waals surface area contributed by atoms with Crippen molar-refractivity contribution >= 4 is 5.91 Å². The van der Waals surface area contributed by atoms with Gasteiger partial charge in [0.15, 0.2) is 0 Å². The zero-order chi connectivity index (χ0) is 11.3. The third-order valence-corrected chi connectivity index (χ3v) is 3.00. The van der Waals surface area contributed by atoms with Crippen LogP contribution in [0.5, 0.6) is 0 Å². The molecule has 1 heterocycles. The number of hydrogen-bond donors (Lipinski definition) is 0. The van der Waals surface area contributed by atoms with Gasteiger partial charge in [-0.2, -0.15) is 0 Å². The molecule has 1 radical (unpaired) electrons. The summed E-state index contributed by atoms with van der Waals surface area (Å²) in [5.41, 5.74) is 0. The Kier molecular flexibility index (Phi) is 5.05. The molecule has 1 amide bonds. The van der Waals surface area contributed by atoms with Gasteiger partial charge in [-0.3, -0.25) is 9.69 Å². The predicted octanol–water partition coefficient (Wildman–Crippen LogP) is 0.163. The van der Waals surface area contributed by atoms with E-state index in [2.05, 4.69) is 17.1 Å². The Morgan fingerprint density at radius 2 is 1.93 bits per heavy atom. The Labute approximate surface area is 92.6 Å². The van der Waals surface area contributed by atoms with Crippen molar-refractivity contribution in [2.75, 3.05) is 40.3 Å². The monoisotopic (exact) mass is 212 g/mol. The molecule has 0 saturated carbocycles. The van der Waals surface area contributed by atoms with Crippen LogP contribution in [0.3, 0.4) is 0 Å². The first kappa shape index (κ1) is 12.5. The Hall–Kier alpha value is -0.610. The number of nitrogens with zero attached hydrogens (tertiary/aromatic N) is 3. The van der Waals surface area contributed by atoms with E-state index in [-0.39, 0.29) is 5.91 Å². The zero-order valence-electron chi connectivity index (χ0n) is 10.1. The molecular weight excluding hydrogens is 190 g/mol. The number of rotatable bonds is 4. The average molecular weight is 212 g/mol. The second kappa shape index (κ2) is 6.08. The van der Waals surface area contributed by atoms with E-state index in [0.717, 1.165) is 32.5 Å². The number of piperidine rings is 1. The SMILES string of the molecule is CCN(CC(=O)N(C)C)C1CC[N]CC1. The molecule has 0 spiro atoms. The molecule has 0 unspecified atom stereocenters. The van der Waals surface area contributed by atoms with Crippen molar-refractivity contribution in [3.63, 3.8) is 0 Å². The van der Waals surface area contributed by atoms with E-state index in [1.165, 1.54) is 0 Å². The van der Waals surface area contributed by atoms with Crippen LogP contribution in [0.25, 0.3) is 0 Å². The molecule has 1 rings (SSSR count). The van der Waals surface area contributed by atoms with E-state index < -0.39 is 0 Å². The number of amides is 1. The quantitative estimate of drug-likeness (QED) is 0.666. The molecule has 1 aliphatic rings. The van der Waals surface area contributed by atoms with Gasteiger partial charge in [0.05, 0.1) is 6.54 Å². The summed E-state index contributed by atoms with van der Waals surface area (Å²) in [6.07, 6.45) is 2.21. The van der Waals surface area contributed by atoms with Crippen LogP contribution in [0, 0.1) is 0 Å². The first-order valence-corrected chi connectivity index (χ1v) is 5.72. The van der Waals surface area contributed by atoms with E-state index in [0.29, 0.717) is 12.6 Å². The van der Waals surface area contributed by atoms with Gasteiger partial charge in [-0.05, 0) is 19.4 Å². The highest BCUT2D eigenvalue weighted by atomic mass is 16.2. The summed E-state index contributed by atoms with van der Waals surface area (Å²) in [6, 6.07) is 0.552. The van der Waals surface area contributed by atoms with E-state index in [9.17, 15) is 4.79 Å². The predicted molar refractivity (Wildman–Crippen MR) is 60.8 cm³/mol. The highest BCUT2D eigenvalue weighted by Crippen LogP contribution is 2.12. The maximum absolute atomic E-state index is 11.6. The highest BCUT2D eigenvalue weighted by Gasteiger charge is 2.22. The number of hydrogen-bond acceptors (Lipinski definition) is 2. The molecule has 0 aromatic rings. The third kappa shape index (κ3) is 3.80. The molecule has 15 heavy (non-hydrogen) atoms. The molecule has 87 valence electrons. The van der Waals surface area contributed by atoms with Crippen molar-refractivity contribution in [2.24, 2.45) is 0 Å². The summed E-state index contributed by atoms with van der Waals surface area (Å²) in [5.74, 6) is 0.194. The van der Waals surface area contributed by atoms with Crippen molar-refractivity contribution in [3.05, 3.63) is 0 Å². The summed E-state index contributed by atoms with van der Waals surface area (Å²) in [5, 5.41) is 4.34. The summed E-state index contributed by atoms with van der Waals surface area (Å²) in [7, 11) is 3.62. The molecule has 0 aromatic carbocycles. The van der Waals surface area contributed by atoms with Gasteiger partial charge < -0.3 is 4.90 Å². The Morgan fingerprint density at radius 3 is 2.40 bits per heavy atom. The maximum atomic E-state index is 11.6. The molecule has 1 aliphatic heterocycles. The summed E-state index contributed by atoms with van der Waals surface area (Å²) in [4.78, 5) is 15.6. The molecule has 4 nitrogen and oxygen atoms in total. The van der Waals surface area contributed by atoms with Crippen LogP contribution in [-0.4, -0.2) is 62.0 Å².